The maximum atomic E-state index is 13.1. The van der Waals surface area contributed by atoms with E-state index in [2.05, 4.69) is 15.2 Å². The number of aromatic nitrogens is 4. The van der Waals surface area contributed by atoms with Gasteiger partial charge in [0, 0.05) is 43.1 Å². The highest BCUT2D eigenvalue weighted by Gasteiger charge is 2.28. The van der Waals surface area contributed by atoms with E-state index < -0.39 is 5.91 Å². The van der Waals surface area contributed by atoms with Crippen LogP contribution in [0.4, 0.5) is 0 Å². The van der Waals surface area contributed by atoms with Gasteiger partial charge in [0.1, 0.15) is 16.9 Å². The molecule has 0 aromatic carbocycles. The molecule has 30 heavy (non-hydrogen) atoms. The minimum Gasteiger partial charge on any atom is -0.364 e. The van der Waals surface area contributed by atoms with Crippen LogP contribution in [0.2, 0.25) is 0 Å². The van der Waals surface area contributed by atoms with Crippen LogP contribution >= 0.6 is 0 Å². The Bertz CT molecular complexity index is 1190. The Labute approximate surface area is 172 Å². The van der Waals surface area contributed by atoms with Gasteiger partial charge in [-0.1, -0.05) is 0 Å². The number of primary amides is 1. The monoisotopic (exact) mass is 408 g/mol. The summed E-state index contributed by atoms with van der Waals surface area (Å²) in [4.78, 5) is 43.6. The second-order valence-electron chi connectivity index (χ2n) is 7.62. The molecule has 156 valence electrons. The number of amides is 2. The van der Waals surface area contributed by atoms with Crippen molar-refractivity contribution < 1.29 is 9.59 Å². The van der Waals surface area contributed by atoms with Crippen LogP contribution in [0.1, 0.15) is 57.9 Å². The lowest BCUT2D eigenvalue weighted by atomic mass is 9.93. The summed E-state index contributed by atoms with van der Waals surface area (Å²) in [6, 6.07) is 5.20. The Kier molecular flexibility index (Phi) is 5.11. The number of carbonyl (C=O) groups is 2. The molecule has 2 amide bonds. The molecule has 0 unspecified atom stereocenters. The summed E-state index contributed by atoms with van der Waals surface area (Å²) in [5, 5.41) is 7.25. The maximum absolute atomic E-state index is 13.1. The van der Waals surface area contributed by atoms with Crippen LogP contribution in [0.25, 0.3) is 11.0 Å². The van der Waals surface area contributed by atoms with Gasteiger partial charge in [-0.25, -0.2) is 4.98 Å². The molecule has 3 aromatic heterocycles. The minimum absolute atomic E-state index is 0.158. The predicted molar refractivity (Wildman–Crippen MR) is 111 cm³/mol. The van der Waals surface area contributed by atoms with Gasteiger partial charge in [0.05, 0.1) is 5.39 Å². The van der Waals surface area contributed by atoms with E-state index in [0.717, 1.165) is 11.4 Å². The van der Waals surface area contributed by atoms with Gasteiger partial charge in [0.2, 0.25) is 5.43 Å². The van der Waals surface area contributed by atoms with Crippen molar-refractivity contribution in [2.45, 2.75) is 39.2 Å². The number of carbonyl (C=O) groups excluding carboxylic acids is 2. The number of nitrogens with one attached hydrogen (secondary N) is 1. The number of aryl methyl sites for hydroxylation is 2. The van der Waals surface area contributed by atoms with Crippen LogP contribution in [-0.2, 0) is 6.54 Å². The van der Waals surface area contributed by atoms with Crippen molar-refractivity contribution in [3.05, 3.63) is 57.3 Å². The smallest absolute Gasteiger partial charge is 0.269 e. The van der Waals surface area contributed by atoms with Gasteiger partial charge in [-0.2, -0.15) is 5.10 Å². The number of nitrogens with zero attached hydrogens (tertiary/aromatic N) is 4. The first-order valence-electron chi connectivity index (χ1n) is 10.0. The highest BCUT2D eigenvalue weighted by Crippen LogP contribution is 2.27. The lowest BCUT2D eigenvalue weighted by Gasteiger charge is -2.31. The van der Waals surface area contributed by atoms with Crippen LogP contribution in [-0.4, -0.2) is 49.6 Å². The van der Waals surface area contributed by atoms with Crippen molar-refractivity contribution in [2.24, 2.45) is 5.73 Å². The van der Waals surface area contributed by atoms with Gasteiger partial charge >= 0.3 is 0 Å². The molecule has 3 N–H and O–H groups in total. The van der Waals surface area contributed by atoms with E-state index in [1.165, 1.54) is 0 Å². The van der Waals surface area contributed by atoms with E-state index in [-0.39, 0.29) is 28.5 Å². The average molecular weight is 408 g/mol. The topological polar surface area (TPSA) is 127 Å². The van der Waals surface area contributed by atoms with E-state index in [1.807, 2.05) is 18.4 Å². The fraction of sp³-hybridized carbons (Fsp3) is 0.381. The second-order valence-corrected chi connectivity index (χ2v) is 7.62. The number of H-pyrrole nitrogens is 1. The van der Waals surface area contributed by atoms with E-state index in [4.69, 9.17) is 5.73 Å². The van der Waals surface area contributed by atoms with Gasteiger partial charge in [-0.15, -0.1) is 0 Å². The molecule has 1 aliphatic heterocycles. The number of likely N-dealkylation sites (tertiary alicyclic amines) is 1. The van der Waals surface area contributed by atoms with Crippen LogP contribution in [0.3, 0.4) is 0 Å². The quantitative estimate of drug-likeness (QED) is 0.677. The summed E-state index contributed by atoms with van der Waals surface area (Å²) in [5.41, 5.74) is 7.62. The van der Waals surface area contributed by atoms with Crippen molar-refractivity contribution in [3.8, 4) is 0 Å². The van der Waals surface area contributed by atoms with E-state index in [0.29, 0.717) is 43.5 Å². The molecular weight excluding hydrogens is 384 g/mol. The molecule has 9 heteroatoms. The molecule has 0 atom stereocenters. The largest absolute Gasteiger partial charge is 0.364 e. The Morgan fingerprint density at radius 2 is 2.00 bits per heavy atom. The number of pyridine rings is 2. The summed E-state index contributed by atoms with van der Waals surface area (Å²) in [7, 11) is 0. The van der Waals surface area contributed by atoms with E-state index in [9.17, 15) is 14.4 Å². The van der Waals surface area contributed by atoms with Crippen LogP contribution in [0.5, 0.6) is 0 Å². The van der Waals surface area contributed by atoms with Crippen molar-refractivity contribution in [1.82, 2.24) is 24.6 Å². The van der Waals surface area contributed by atoms with Crippen LogP contribution < -0.4 is 11.2 Å². The van der Waals surface area contributed by atoms with Crippen LogP contribution in [0.15, 0.2) is 29.2 Å². The van der Waals surface area contributed by atoms with Gasteiger partial charge in [0.15, 0.2) is 0 Å². The molecule has 3 aromatic rings. The highest BCUT2D eigenvalue weighted by molar-refractivity contribution is 5.97. The molecule has 4 rings (SSSR count). The Hall–Kier alpha value is -3.49. The summed E-state index contributed by atoms with van der Waals surface area (Å²) in [5.74, 6) is -0.672. The molecule has 1 saturated heterocycles. The zero-order chi connectivity index (χ0) is 21.4. The number of aromatic amines is 1. The SMILES string of the molecule is CCn1cc(C(=O)N2CCC(c3cc(C(N)=O)n[nH]3)CC2)c(=O)c2ccc(C)nc21. The first-order valence-corrected chi connectivity index (χ1v) is 10.0. The molecular formula is C21H24N6O3. The van der Waals surface area contributed by atoms with Gasteiger partial charge in [0.25, 0.3) is 11.8 Å². The van der Waals surface area contributed by atoms with E-state index >= 15 is 0 Å². The third kappa shape index (κ3) is 3.47. The maximum Gasteiger partial charge on any atom is 0.269 e. The number of piperidine rings is 1. The second kappa shape index (κ2) is 7.74. The average Bonchev–Trinajstić information content (AvgIpc) is 3.24. The van der Waals surface area contributed by atoms with Gasteiger partial charge in [-0.05, 0) is 44.9 Å². The Balaban J connectivity index is 1.56. The summed E-state index contributed by atoms with van der Waals surface area (Å²) in [6.45, 7) is 5.48. The van der Waals surface area contributed by atoms with Crippen molar-refractivity contribution in [1.29, 1.82) is 0 Å². The lowest BCUT2D eigenvalue weighted by molar-refractivity contribution is 0.0710. The molecule has 4 heterocycles. The predicted octanol–water partition coefficient (Wildman–Crippen LogP) is 1.57. The number of hydrogen-bond donors (Lipinski definition) is 2. The zero-order valence-electron chi connectivity index (χ0n) is 17.0. The van der Waals surface area contributed by atoms with Gasteiger partial charge < -0.3 is 15.2 Å². The summed E-state index contributed by atoms with van der Waals surface area (Å²) in [6.07, 6.45) is 3.05. The third-order valence-electron chi connectivity index (χ3n) is 5.70. The molecule has 1 aliphatic rings. The molecule has 0 radical (unpaired) electrons. The molecule has 0 saturated carbocycles. The minimum atomic E-state index is -0.571. The van der Waals surface area contributed by atoms with Crippen molar-refractivity contribution in [3.63, 3.8) is 0 Å². The Morgan fingerprint density at radius 3 is 2.63 bits per heavy atom. The van der Waals surface area contributed by atoms with Crippen molar-refractivity contribution in [2.75, 3.05) is 13.1 Å². The molecule has 9 nitrogen and oxygen atoms in total. The zero-order valence-corrected chi connectivity index (χ0v) is 17.0. The first kappa shape index (κ1) is 19.8. The van der Waals surface area contributed by atoms with Crippen molar-refractivity contribution >= 4 is 22.8 Å². The number of nitrogens with two attached hydrogens (primary N) is 1. The van der Waals surface area contributed by atoms with Gasteiger partial charge in [-0.3, -0.25) is 19.5 Å². The molecule has 0 spiro atoms. The Morgan fingerprint density at radius 1 is 1.27 bits per heavy atom. The normalized spacial score (nSPS) is 14.9. The molecule has 1 fully saturated rings. The summed E-state index contributed by atoms with van der Waals surface area (Å²) >= 11 is 0. The number of fused-ring (bicyclic) bond motifs is 1. The fourth-order valence-electron chi connectivity index (χ4n) is 3.99. The number of rotatable bonds is 4. The molecule has 0 bridgehead atoms. The third-order valence-corrected chi connectivity index (χ3v) is 5.70. The first-order chi connectivity index (χ1) is 14.4. The molecule has 0 aliphatic carbocycles. The lowest BCUT2D eigenvalue weighted by Crippen LogP contribution is -2.40. The highest BCUT2D eigenvalue weighted by atomic mass is 16.2. The number of hydrogen-bond acceptors (Lipinski definition) is 5. The van der Waals surface area contributed by atoms with E-state index in [1.54, 1.807) is 29.3 Å². The standard InChI is InChI=1S/C21H24N6O3/c1-3-26-11-15(18(28)14-5-4-12(2)23-20(14)26)21(30)27-8-6-13(7-9-27)16-10-17(19(22)29)25-24-16/h4-5,10-11,13H,3,6-9H2,1-2H3,(H2,22,29)(H,24,25). The summed E-state index contributed by atoms with van der Waals surface area (Å²) < 4.78 is 1.85. The van der Waals surface area contributed by atoms with Crippen LogP contribution in [0, 0.1) is 6.92 Å². The fourth-order valence-corrected chi connectivity index (χ4v) is 3.99.